The number of nitrogens with one attached hydrogen (secondary N) is 2. The van der Waals surface area contributed by atoms with Crippen molar-refractivity contribution in [2.75, 3.05) is 6.54 Å². The maximum absolute atomic E-state index is 11.7. The van der Waals surface area contributed by atoms with Crippen molar-refractivity contribution >= 4 is 22.8 Å². The lowest BCUT2D eigenvalue weighted by Gasteiger charge is -2.08. The van der Waals surface area contributed by atoms with Crippen molar-refractivity contribution < 1.29 is 14.3 Å². The summed E-state index contributed by atoms with van der Waals surface area (Å²) < 4.78 is 5.36. The summed E-state index contributed by atoms with van der Waals surface area (Å²) in [5, 5.41) is 3.92. The predicted molar refractivity (Wildman–Crippen MR) is 90.3 cm³/mol. The summed E-state index contributed by atoms with van der Waals surface area (Å²) in [6, 6.07) is 5.55. The first-order valence-electron chi connectivity index (χ1n) is 7.98. The lowest BCUT2D eigenvalue weighted by molar-refractivity contribution is -0.137. The molecule has 0 unspecified atom stereocenters. The molecule has 0 saturated heterocycles. The lowest BCUT2D eigenvalue weighted by Crippen LogP contribution is -2.29. The minimum absolute atomic E-state index is 0.0139. The highest BCUT2D eigenvalue weighted by Gasteiger charge is 2.12. The SMILES string of the molecule is CC(C)C(=O)NCCc1c[nH]c2ccc(OC(=O)C(C)C)cc12. The Morgan fingerprint density at radius 1 is 1.17 bits per heavy atom. The highest BCUT2D eigenvalue weighted by atomic mass is 16.5. The minimum atomic E-state index is -0.245. The van der Waals surface area contributed by atoms with Crippen molar-refractivity contribution in [3.05, 3.63) is 30.0 Å². The fourth-order valence-electron chi connectivity index (χ4n) is 2.19. The molecule has 124 valence electrons. The fourth-order valence-corrected chi connectivity index (χ4v) is 2.19. The number of rotatable bonds is 6. The number of hydrogen-bond acceptors (Lipinski definition) is 3. The molecular weight excluding hydrogens is 292 g/mol. The number of carbonyl (C=O) groups excluding carboxylic acids is 2. The summed E-state index contributed by atoms with van der Waals surface area (Å²) in [6.07, 6.45) is 2.65. The van der Waals surface area contributed by atoms with Gasteiger partial charge < -0.3 is 15.0 Å². The molecule has 0 aliphatic heterocycles. The first-order chi connectivity index (χ1) is 10.9. The number of benzene rings is 1. The first-order valence-corrected chi connectivity index (χ1v) is 7.98. The van der Waals surface area contributed by atoms with Crippen LogP contribution in [0.5, 0.6) is 5.75 Å². The van der Waals surface area contributed by atoms with Gasteiger partial charge in [-0.15, -0.1) is 0 Å². The van der Waals surface area contributed by atoms with Gasteiger partial charge in [0, 0.05) is 29.6 Å². The van der Waals surface area contributed by atoms with E-state index in [9.17, 15) is 9.59 Å². The number of ether oxygens (including phenoxy) is 1. The Morgan fingerprint density at radius 3 is 2.57 bits per heavy atom. The normalized spacial score (nSPS) is 11.2. The van der Waals surface area contributed by atoms with Gasteiger partial charge in [-0.25, -0.2) is 0 Å². The monoisotopic (exact) mass is 316 g/mol. The standard InChI is InChI=1S/C18H24N2O3/c1-11(2)17(21)19-8-7-13-10-20-16-6-5-14(9-15(13)16)23-18(22)12(3)4/h5-6,9-12,20H,7-8H2,1-4H3,(H,19,21). The second-order valence-corrected chi connectivity index (χ2v) is 6.29. The number of amides is 1. The summed E-state index contributed by atoms with van der Waals surface area (Å²) in [5.74, 6) is 0.174. The zero-order valence-corrected chi connectivity index (χ0v) is 14.1. The van der Waals surface area contributed by atoms with Gasteiger partial charge in [0.2, 0.25) is 5.91 Å². The van der Waals surface area contributed by atoms with Crippen LogP contribution >= 0.6 is 0 Å². The second-order valence-electron chi connectivity index (χ2n) is 6.29. The Morgan fingerprint density at radius 2 is 1.91 bits per heavy atom. The Bertz CT molecular complexity index is 701. The van der Waals surface area contributed by atoms with E-state index in [1.165, 1.54) is 0 Å². The Kier molecular flexibility index (Phi) is 5.42. The van der Waals surface area contributed by atoms with E-state index < -0.39 is 0 Å². The molecule has 2 N–H and O–H groups in total. The molecule has 1 aromatic heterocycles. The van der Waals surface area contributed by atoms with Crippen LogP contribution in [0, 0.1) is 11.8 Å². The van der Waals surface area contributed by atoms with Gasteiger partial charge in [0.15, 0.2) is 0 Å². The van der Waals surface area contributed by atoms with E-state index in [1.807, 2.05) is 32.2 Å². The van der Waals surface area contributed by atoms with Crippen molar-refractivity contribution in [1.82, 2.24) is 10.3 Å². The van der Waals surface area contributed by atoms with Gasteiger partial charge >= 0.3 is 5.97 Å². The van der Waals surface area contributed by atoms with Gasteiger partial charge in [0.1, 0.15) is 5.75 Å². The summed E-state index contributed by atoms with van der Waals surface area (Å²) >= 11 is 0. The molecule has 2 aromatic rings. The van der Waals surface area contributed by atoms with Crippen LogP contribution in [0.25, 0.3) is 10.9 Å². The highest BCUT2D eigenvalue weighted by Crippen LogP contribution is 2.24. The number of esters is 1. The molecule has 0 saturated carbocycles. The first kappa shape index (κ1) is 17.1. The van der Waals surface area contributed by atoms with E-state index in [1.54, 1.807) is 19.9 Å². The molecule has 5 heteroatoms. The van der Waals surface area contributed by atoms with E-state index in [-0.39, 0.29) is 23.7 Å². The maximum Gasteiger partial charge on any atom is 0.313 e. The van der Waals surface area contributed by atoms with Crippen LogP contribution in [0.15, 0.2) is 24.4 Å². The maximum atomic E-state index is 11.7. The van der Waals surface area contributed by atoms with E-state index in [0.29, 0.717) is 12.3 Å². The van der Waals surface area contributed by atoms with Crippen molar-refractivity contribution in [1.29, 1.82) is 0 Å². The molecule has 23 heavy (non-hydrogen) atoms. The van der Waals surface area contributed by atoms with Crippen LogP contribution in [0.2, 0.25) is 0 Å². The third-order valence-corrected chi connectivity index (χ3v) is 3.65. The lowest BCUT2D eigenvalue weighted by atomic mass is 10.1. The number of carbonyl (C=O) groups is 2. The molecule has 0 fully saturated rings. The number of H-pyrrole nitrogens is 1. The Labute approximate surface area is 136 Å². The highest BCUT2D eigenvalue weighted by molar-refractivity contribution is 5.86. The van der Waals surface area contributed by atoms with Crippen LogP contribution < -0.4 is 10.1 Å². The molecule has 0 aliphatic rings. The summed E-state index contributed by atoms with van der Waals surface area (Å²) in [6.45, 7) is 7.94. The summed E-state index contributed by atoms with van der Waals surface area (Å²) in [5.41, 5.74) is 2.08. The fraction of sp³-hybridized carbons (Fsp3) is 0.444. The van der Waals surface area contributed by atoms with Crippen LogP contribution in [-0.2, 0) is 16.0 Å². The average molecular weight is 316 g/mol. The Hall–Kier alpha value is -2.30. The summed E-state index contributed by atoms with van der Waals surface area (Å²) in [7, 11) is 0. The van der Waals surface area contributed by atoms with Gasteiger partial charge in [-0.1, -0.05) is 27.7 Å². The minimum Gasteiger partial charge on any atom is -0.426 e. The molecule has 0 atom stereocenters. The van der Waals surface area contributed by atoms with Gasteiger partial charge in [-0.05, 0) is 30.2 Å². The van der Waals surface area contributed by atoms with Crippen LogP contribution in [0.4, 0.5) is 0 Å². The van der Waals surface area contributed by atoms with E-state index in [0.717, 1.165) is 22.9 Å². The number of aromatic nitrogens is 1. The van der Waals surface area contributed by atoms with E-state index in [2.05, 4.69) is 10.3 Å². The van der Waals surface area contributed by atoms with Gasteiger partial charge in [0.05, 0.1) is 5.92 Å². The van der Waals surface area contributed by atoms with Crippen LogP contribution in [0.3, 0.4) is 0 Å². The topological polar surface area (TPSA) is 71.2 Å². The van der Waals surface area contributed by atoms with Crippen molar-refractivity contribution in [3.63, 3.8) is 0 Å². The largest absolute Gasteiger partial charge is 0.426 e. The van der Waals surface area contributed by atoms with E-state index >= 15 is 0 Å². The van der Waals surface area contributed by atoms with Crippen molar-refractivity contribution in [2.24, 2.45) is 11.8 Å². The summed E-state index contributed by atoms with van der Waals surface area (Å²) in [4.78, 5) is 26.5. The zero-order valence-electron chi connectivity index (χ0n) is 14.1. The van der Waals surface area contributed by atoms with Crippen molar-refractivity contribution in [2.45, 2.75) is 34.1 Å². The quantitative estimate of drug-likeness (QED) is 0.635. The molecule has 2 rings (SSSR count). The molecule has 1 amide bonds. The Balaban J connectivity index is 2.09. The number of fused-ring (bicyclic) bond motifs is 1. The molecule has 0 bridgehead atoms. The zero-order chi connectivity index (χ0) is 17.0. The van der Waals surface area contributed by atoms with Gasteiger partial charge in [-0.2, -0.15) is 0 Å². The number of aromatic amines is 1. The second kappa shape index (κ2) is 7.31. The van der Waals surface area contributed by atoms with Gasteiger partial charge in [0.25, 0.3) is 0 Å². The third-order valence-electron chi connectivity index (χ3n) is 3.65. The molecular formula is C18H24N2O3. The average Bonchev–Trinajstić information content (AvgIpc) is 2.89. The van der Waals surface area contributed by atoms with Crippen molar-refractivity contribution in [3.8, 4) is 5.75 Å². The van der Waals surface area contributed by atoms with Crippen LogP contribution in [-0.4, -0.2) is 23.4 Å². The predicted octanol–water partition coefficient (Wildman–Crippen LogP) is 3.04. The smallest absolute Gasteiger partial charge is 0.313 e. The molecule has 1 heterocycles. The van der Waals surface area contributed by atoms with Crippen LogP contribution in [0.1, 0.15) is 33.3 Å². The molecule has 0 spiro atoms. The van der Waals surface area contributed by atoms with Gasteiger partial charge in [-0.3, -0.25) is 9.59 Å². The third kappa shape index (κ3) is 4.34. The van der Waals surface area contributed by atoms with E-state index in [4.69, 9.17) is 4.74 Å². The number of hydrogen-bond donors (Lipinski definition) is 2. The molecule has 5 nitrogen and oxygen atoms in total. The molecule has 1 aromatic carbocycles. The molecule has 0 radical (unpaired) electrons. The molecule has 0 aliphatic carbocycles.